The lowest BCUT2D eigenvalue weighted by atomic mass is 10.1. The van der Waals surface area contributed by atoms with Gasteiger partial charge in [-0.1, -0.05) is 17.7 Å². The van der Waals surface area contributed by atoms with Crippen LogP contribution in [0.1, 0.15) is 15.9 Å². The van der Waals surface area contributed by atoms with Gasteiger partial charge < -0.3 is 4.74 Å². The first-order chi connectivity index (χ1) is 6.07. The molecule has 0 aliphatic heterocycles. The first kappa shape index (κ1) is 10.4. The van der Waals surface area contributed by atoms with Gasteiger partial charge in [0.1, 0.15) is 5.75 Å². The summed E-state index contributed by atoms with van der Waals surface area (Å²) < 4.78 is 4.95. The van der Waals surface area contributed by atoms with Crippen LogP contribution in [-0.4, -0.2) is 12.4 Å². The summed E-state index contributed by atoms with van der Waals surface area (Å²) in [6.45, 7) is 1.76. The predicted molar refractivity (Wildman–Crippen MR) is 52.9 cm³/mol. The van der Waals surface area contributed by atoms with Crippen molar-refractivity contribution >= 4 is 28.4 Å². The van der Waals surface area contributed by atoms with Crippen LogP contribution in [0, 0.1) is 6.92 Å². The number of rotatable bonds is 2. The molecular weight excluding hydrogens is 211 g/mol. The Balaban J connectivity index is 3.38. The van der Waals surface area contributed by atoms with Crippen molar-refractivity contribution in [2.24, 2.45) is 0 Å². The quantitative estimate of drug-likeness (QED) is 0.714. The van der Waals surface area contributed by atoms with Gasteiger partial charge in [0.15, 0.2) is 0 Å². The Kier molecular flexibility index (Phi) is 3.17. The maximum Gasteiger partial charge on any atom is 0.254 e. The predicted octanol–water partition coefficient (Wildman–Crippen LogP) is 3.04. The van der Waals surface area contributed by atoms with E-state index in [0.29, 0.717) is 11.3 Å². The summed E-state index contributed by atoms with van der Waals surface area (Å²) in [5, 5.41) is -0.302. The van der Waals surface area contributed by atoms with E-state index in [9.17, 15) is 4.79 Å². The van der Waals surface area contributed by atoms with Crippen LogP contribution in [-0.2, 0) is 0 Å². The summed E-state index contributed by atoms with van der Waals surface area (Å²) in [4.78, 5) is 11.0. The molecule has 2 nitrogen and oxygen atoms in total. The fourth-order valence-electron chi connectivity index (χ4n) is 1.05. The molecule has 0 saturated heterocycles. The van der Waals surface area contributed by atoms with Crippen LogP contribution in [0.3, 0.4) is 0 Å². The Morgan fingerprint density at radius 2 is 2.08 bits per heavy atom. The molecule has 0 aliphatic carbocycles. The molecule has 1 aromatic carbocycles. The van der Waals surface area contributed by atoms with E-state index in [2.05, 4.69) is 0 Å². The Bertz CT molecular complexity index is 348. The van der Waals surface area contributed by atoms with Gasteiger partial charge in [-0.2, -0.15) is 0 Å². The topological polar surface area (TPSA) is 26.3 Å². The first-order valence-corrected chi connectivity index (χ1v) is 4.36. The van der Waals surface area contributed by atoms with Crippen LogP contribution < -0.4 is 4.74 Å². The van der Waals surface area contributed by atoms with Gasteiger partial charge >= 0.3 is 0 Å². The molecule has 13 heavy (non-hydrogen) atoms. The molecule has 0 unspecified atom stereocenters. The third-order valence-corrected chi connectivity index (χ3v) is 2.30. The van der Waals surface area contributed by atoms with Gasteiger partial charge in [-0.05, 0) is 30.2 Å². The Morgan fingerprint density at radius 3 is 2.54 bits per heavy atom. The van der Waals surface area contributed by atoms with Gasteiger partial charge in [0.05, 0.1) is 17.7 Å². The molecule has 1 rings (SSSR count). The van der Waals surface area contributed by atoms with E-state index in [1.807, 2.05) is 0 Å². The van der Waals surface area contributed by atoms with Crippen LogP contribution >= 0.6 is 23.2 Å². The lowest BCUT2D eigenvalue weighted by Crippen LogP contribution is -1.97. The average Bonchev–Trinajstić information content (AvgIpc) is 2.04. The van der Waals surface area contributed by atoms with Gasteiger partial charge in [-0.25, -0.2) is 0 Å². The Labute approximate surface area is 86.4 Å². The highest BCUT2D eigenvalue weighted by Crippen LogP contribution is 2.31. The number of hydrogen-bond acceptors (Lipinski definition) is 2. The molecule has 0 N–H and O–H groups in total. The van der Waals surface area contributed by atoms with Crippen molar-refractivity contribution in [3.05, 3.63) is 28.3 Å². The summed E-state index contributed by atoms with van der Waals surface area (Å²) in [5.74, 6) is 0.455. The van der Waals surface area contributed by atoms with E-state index in [-0.39, 0.29) is 5.02 Å². The zero-order chi connectivity index (χ0) is 10.0. The summed E-state index contributed by atoms with van der Waals surface area (Å²) in [7, 11) is 1.49. The van der Waals surface area contributed by atoms with Crippen molar-refractivity contribution in [3.8, 4) is 5.75 Å². The molecule has 1 aromatic rings. The van der Waals surface area contributed by atoms with Crippen molar-refractivity contribution in [2.45, 2.75) is 6.92 Å². The van der Waals surface area contributed by atoms with E-state index in [4.69, 9.17) is 27.9 Å². The zero-order valence-corrected chi connectivity index (χ0v) is 8.74. The van der Waals surface area contributed by atoms with Gasteiger partial charge in [0.25, 0.3) is 5.24 Å². The monoisotopic (exact) mass is 218 g/mol. The molecule has 0 radical (unpaired) electrons. The van der Waals surface area contributed by atoms with Crippen molar-refractivity contribution in [1.29, 1.82) is 0 Å². The minimum Gasteiger partial charge on any atom is -0.495 e. The molecule has 0 saturated carbocycles. The van der Waals surface area contributed by atoms with Crippen LogP contribution in [0.5, 0.6) is 5.75 Å². The van der Waals surface area contributed by atoms with Crippen molar-refractivity contribution in [3.63, 3.8) is 0 Å². The van der Waals surface area contributed by atoms with Crippen LogP contribution in [0.25, 0.3) is 0 Å². The molecule has 0 aromatic heterocycles. The van der Waals surface area contributed by atoms with Crippen molar-refractivity contribution in [2.75, 3.05) is 7.11 Å². The maximum atomic E-state index is 11.0. The van der Waals surface area contributed by atoms with E-state index in [0.717, 1.165) is 5.56 Å². The summed E-state index contributed by atoms with van der Waals surface area (Å²) in [6.07, 6.45) is 0. The zero-order valence-electron chi connectivity index (χ0n) is 7.23. The Morgan fingerprint density at radius 1 is 1.46 bits per heavy atom. The van der Waals surface area contributed by atoms with E-state index in [1.54, 1.807) is 19.1 Å². The molecule has 70 valence electrons. The molecule has 0 aliphatic rings. The first-order valence-electron chi connectivity index (χ1n) is 3.61. The summed E-state index contributed by atoms with van der Waals surface area (Å²) in [5.41, 5.74) is 1.05. The molecular formula is C9H8Cl2O2. The molecule has 4 heteroatoms. The molecule has 0 amide bonds. The minimum atomic E-state index is -0.568. The second kappa shape index (κ2) is 3.99. The maximum absolute atomic E-state index is 11.0. The normalized spacial score (nSPS) is 9.85. The number of ether oxygens (including phenoxy) is 1. The number of methoxy groups -OCH3 is 1. The highest BCUT2D eigenvalue weighted by Gasteiger charge is 2.14. The average molecular weight is 219 g/mol. The SMILES string of the molecule is COc1ccc(C)c(C(=O)Cl)c1Cl. The lowest BCUT2D eigenvalue weighted by Gasteiger charge is -2.07. The van der Waals surface area contributed by atoms with E-state index < -0.39 is 5.24 Å². The third-order valence-electron chi connectivity index (χ3n) is 1.73. The molecule has 0 atom stereocenters. The van der Waals surface area contributed by atoms with Gasteiger partial charge in [0.2, 0.25) is 0 Å². The molecule has 0 spiro atoms. The molecule has 0 fully saturated rings. The number of aryl methyl sites for hydroxylation is 1. The van der Waals surface area contributed by atoms with Gasteiger partial charge in [-0.3, -0.25) is 4.79 Å². The number of halogens is 2. The number of benzene rings is 1. The van der Waals surface area contributed by atoms with E-state index >= 15 is 0 Å². The van der Waals surface area contributed by atoms with Gasteiger partial charge in [-0.15, -0.1) is 0 Å². The van der Waals surface area contributed by atoms with Crippen LogP contribution in [0.2, 0.25) is 5.02 Å². The standard InChI is InChI=1S/C9H8Cl2O2/c1-5-3-4-6(13-2)8(10)7(5)9(11)12/h3-4H,1-2H3. The van der Waals surface area contributed by atoms with Crippen molar-refractivity contribution < 1.29 is 9.53 Å². The Hall–Kier alpha value is -0.730. The molecule has 0 bridgehead atoms. The largest absolute Gasteiger partial charge is 0.495 e. The summed E-state index contributed by atoms with van der Waals surface area (Å²) >= 11 is 11.2. The summed E-state index contributed by atoms with van der Waals surface area (Å²) in [6, 6.07) is 3.43. The minimum absolute atomic E-state index is 0.266. The van der Waals surface area contributed by atoms with E-state index in [1.165, 1.54) is 7.11 Å². The second-order valence-corrected chi connectivity index (χ2v) is 3.27. The smallest absolute Gasteiger partial charge is 0.254 e. The van der Waals surface area contributed by atoms with Crippen LogP contribution in [0.4, 0.5) is 0 Å². The van der Waals surface area contributed by atoms with Crippen molar-refractivity contribution in [1.82, 2.24) is 0 Å². The lowest BCUT2D eigenvalue weighted by molar-refractivity contribution is 0.108. The van der Waals surface area contributed by atoms with Gasteiger partial charge in [0, 0.05) is 0 Å². The fraction of sp³-hybridized carbons (Fsp3) is 0.222. The third kappa shape index (κ3) is 1.95. The molecule has 0 heterocycles. The highest BCUT2D eigenvalue weighted by molar-refractivity contribution is 6.69. The highest BCUT2D eigenvalue weighted by atomic mass is 35.5. The second-order valence-electron chi connectivity index (χ2n) is 2.55. The number of carbonyl (C=O) groups is 1. The fourth-order valence-corrected chi connectivity index (χ4v) is 1.72. The number of carbonyl (C=O) groups excluding carboxylic acids is 1. The van der Waals surface area contributed by atoms with Crippen LogP contribution in [0.15, 0.2) is 12.1 Å². The number of hydrogen-bond donors (Lipinski definition) is 0.